The maximum atomic E-state index is 6.04. The van der Waals surface area contributed by atoms with Crippen LogP contribution in [-0.2, 0) is 0 Å². The fourth-order valence-electron chi connectivity index (χ4n) is 2.73. The number of hydrogen-bond donors (Lipinski definition) is 2. The zero-order chi connectivity index (χ0) is 13.7. The van der Waals surface area contributed by atoms with Crippen LogP contribution in [0.25, 0.3) is 0 Å². The Hall–Kier alpha value is -1.22. The molecule has 1 aliphatic heterocycles. The minimum absolute atomic E-state index is 0.207. The number of anilines is 1. The van der Waals surface area contributed by atoms with Crippen molar-refractivity contribution in [3.8, 4) is 5.75 Å². The second-order valence-electron chi connectivity index (χ2n) is 5.34. The van der Waals surface area contributed by atoms with Crippen molar-refractivity contribution in [2.24, 2.45) is 0 Å². The molecule has 1 aliphatic rings. The molecule has 0 amide bonds. The summed E-state index contributed by atoms with van der Waals surface area (Å²) in [5.41, 5.74) is 1.37. The van der Waals surface area contributed by atoms with Crippen molar-refractivity contribution in [2.75, 3.05) is 18.4 Å². The van der Waals surface area contributed by atoms with Gasteiger partial charge in [0, 0.05) is 12.1 Å². The van der Waals surface area contributed by atoms with Crippen LogP contribution in [0, 0.1) is 0 Å². The number of ether oxygens (including phenoxy) is 1. The van der Waals surface area contributed by atoms with Gasteiger partial charge in [-0.15, -0.1) is 0 Å². The topological polar surface area (TPSA) is 33.3 Å². The highest BCUT2D eigenvalue weighted by Gasteiger charge is 2.26. The third-order valence-electron chi connectivity index (χ3n) is 4.44. The Bertz CT molecular complexity index is 393. The van der Waals surface area contributed by atoms with E-state index in [2.05, 4.69) is 37.5 Å². The highest BCUT2D eigenvalue weighted by Crippen LogP contribution is 2.28. The second kappa shape index (κ2) is 6.29. The summed E-state index contributed by atoms with van der Waals surface area (Å²) in [7, 11) is 0. The Labute approximate surface area is 116 Å². The summed E-state index contributed by atoms with van der Waals surface area (Å²) >= 11 is 0. The van der Waals surface area contributed by atoms with Crippen LogP contribution in [0.2, 0.25) is 0 Å². The van der Waals surface area contributed by atoms with Crippen LogP contribution in [0.3, 0.4) is 0 Å². The van der Waals surface area contributed by atoms with Crippen LogP contribution < -0.4 is 15.4 Å². The van der Waals surface area contributed by atoms with Crippen LogP contribution >= 0.6 is 0 Å². The van der Waals surface area contributed by atoms with Crippen molar-refractivity contribution in [3.05, 3.63) is 24.3 Å². The van der Waals surface area contributed by atoms with Crippen LogP contribution in [0.15, 0.2) is 24.3 Å². The van der Waals surface area contributed by atoms with Gasteiger partial charge in [-0.25, -0.2) is 0 Å². The van der Waals surface area contributed by atoms with E-state index in [0.717, 1.165) is 43.8 Å². The van der Waals surface area contributed by atoms with Crippen molar-refractivity contribution < 1.29 is 4.74 Å². The number of rotatable bonds is 6. The largest absolute Gasteiger partial charge is 0.485 e. The molecular weight excluding hydrogens is 236 g/mol. The Morgan fingerprint density at radius 2 is 1.89 bits per heavy atom. The summed E-state index contributed by atoms with van der Waals surface area (Å²) in [6.45, 7) is 8.55. The van der Waals surface area contributed by atoms with E-state index in [9.17, 15) is 0 Å². The normalized spacial score (nSPS) is 18.4. The first-order valence-electron chi connectivity index (χ1n) is 7.47. The van der Waals surface area contributed by atoms with E-state index in [-0.39, 0.29) is 11.6 Å². The lowest BCUT2D eigenvalue weighted by molar-refractivity contribution is 0.173. The van der Waals surface area contributed by atoms with Gasteiger partial charge < -0.3 is 15.4 Å². The molecule has 2 rings (SSSR count). The molecule has 0 fully saturated rings. The Balaban J connectivity index is 1.92. The number of hydrogen-bond acceptors (Lipinski definition) is 3. The monoisotopic (exact) mass is 262 g/mol. The van der Waals surface area contributed by atoms with E-state index in [0.29, 0.717) is 0 Å². The Kier molecular flexibility index (Phi) is 4.70. The zero-order valence-corrected chi connectivity index (χ0v) is 12.3. The first kappa shape index (κ1) is 14.2. The molecular formula is C16H26N2O. The molecule has 2 N–H and O–H groups in total. The van der Waals surface area contributed by atoms with Crippen molar-refractivity contribution in [2.45, 2.75) is 51.7 Å². The molecule has 3 heteroatoms. The summed E-state index contributed by atoms with van der Waals surface area (Å²) in [5.74, 6) is 0.968. The molecule has 1 aromatic carbocycles. The maximum Gasteiger partial charge on any atom is 0.142 e. The van der Waals surface area contributed by atoms with E-state index < -0.39 is 0 Å². The van der Waals surface area contributed by atoms with Gasteiger partial charge in [-0.05, 0) is 31.4 Å². The van der Waals surface area contributed by atoms with Crippen molar-refractivity contribution >= 4 is 5.69 Å². The molecule has 3 nitrogen and oxygen atoms in total. The minimum Gasteiger partial charge on any atom is -0.485 e. The maximum absolute atomic E-state index is 6.04. The first-order valence-corrected chi connectivity index (χ1v) is 7.47. The fourth-order valence-corrected chi connectivity index (χ4v) is 2.73. The molecule has 1 heterocycles. The first-order chi connectivity index (χ1) is 9.23. The zero-order valence-electron chi connectivity index (χ0n) is 12.3. The van der Waals surface area contributed by atoms with E-state index in [1.165, 1.54) is 0 Å². The highest BCUT2D eigenvalue weighted by molar-refractivity contribution is 5.57. The molecule has 0 saturated heterocycles. The third kappa shape index (κ3) is 3.21. The minimum atomic E-state index is 0.207. The molecule has 19 heavy (non-hydrogen) atoms. The van der Waals surface area contributed by atoms with Gasteiger partial charge in [0.25, 0.3) is 0 Å². The van der Waals surface area contributed by atoms with E-state index in [1.54, 1.807) is 0 Å². The van der Waals surface area contributed by atoms with E-state index in [4.69, 9.17) is 4.74 Å². The summed E-state index contributed by atoms with van der Waals surface area (Å²) < 4.78 is 6.04. The van der Waals surface area contributed by atoms with Gasteiger partial charge in [-0.1, -0.05) is 32.9 Å². The lowest BCUT2D eigenvalue weighted by Gasteiger charge is -2.35. The molecule has 1 unspecified atom stereocenters. The third-order valence-corrected chi connectivity index (χ3v) is 4.44. The van der Waals surface area contributed by atoms with Gasteiger partial charge in [-0.2, -0.15) is 0 Å². The number of benzene rings is 1. The second-order valence-corrected chi connectivity index (χ2v) is 5.34. The predicted molar refractivity (Wildman–Crippen MR) is 81.0 cm³/mol. The highest BCUT2D eigenvalue weighted by atomic mass is 16.5. The van der Waals surface area contributed by atoms with E-state index in [1.807, 2.05) is 18.2 Å². The number of nitrogens with one attached hydrogen (secondary N) is 2. The van der Waals surface area contributed by atoms with Gasteiger partial charge in [0.15, 0.2) is 0 Å². The van der Waals surface area contributed by atoms with Gasteiger partial charge in [0.1, 0.15) is 11.9 Å². The Morgan fingerprint density at radius 1 is 1.21 bits per heavy atom. The van der Waals surface area contributed by atoms with Crippen molar-refractivity contribution in [3.63, 3.8) is 0 Å². The molecule has 1 aromatic rings. The lowest BCUT2D eigenvalue weighted by Crippen LogP contribution is -2.50. The summed E-state index contributed by atoms with van der Waals surface area (Å²) in [4.78, 5) is 0. The average molecular weight is 262 g/mol. The molecule has 0 saturated carbocycles. The summed E-state index contributed by atoms with van der Waals surface area (Å²) in [5, 5.41) is 7.16. The molecule has 0 bridgehead atoms. The van der Waals surface area contributed by atoms with Crippen molar-refractivity contribution in [1.82, 2.24) is 5.32 Å². The van der Waals surface area contributed by atoms with E-state index >= 15 is 0 Å². The fraction of sp³-hybridized carbons (Fsp3) is 0.625. The van der Waals surface area contributed by atoms with Crippen LogP contribution in [-0.4, -0.2) is 24.7 Å². The SMILES string of the molecule is CCC(CC)(CC)NCC1CNc2ccccc2O1. The van der Waals surface area contributed by atoms with Crippen LogP contribution in [0.1, 0.15) is 40.0 Å². The number of para-hydroxylation sites is 2. The molecule has 0 radical (unpaired) electrons. The average Bonchev–Trinajstić information content (AvgIpc) is 2.49. The molecule has 1 atom stereocenters. The van der Waals surface area contributed by atoms with Gasteiger partial charge in [0.05, 0.1) is 12.2 Å². The summed E-state index contributed by atoms with van der Waals surface area (Å²) in [6, 6.07) is 8.14. The molecule has 0 aliphatic carbocycles. The molecule has 106 valence electrons. The van der Waals surface area contributed by atoms with Gasteiger partial charge >= 0.3 is 0 Å². The molecule has 0 aromatic heterocycles. The quantitative estimate of drug-likeness (QED) is 0.824. The van der Waals surface area contributed by atoms with Gasteiger partial charge in [-0.3, -0.25) is 0 Å². The smallest absolute Gasteiger partial charge is 0.142 e. The standard InChI is InChI=1S/C16H26N2O/c1-4-16(5-2,6-3)18-12-13-11-17-14-9-7-8-10-15(14)19-13/h7-10,13,17-18H,4-6,11-12H2,1-3H3. The Morgan fingerprint density at radius 3 is 2.58 bits per heavy atom. The van der Waals surface area contributed by atoms with Crippen molar-refractivity contribution in [1.29, 1.82) is 0 Å². The van der Waals surface area contributed by atoms with Crippen LogP contribution in [0.4, 0.5) is 5.69 Å². The van der Waals surface area contributed by atoms with Crippen LogP contribution in [0.5, 0.6) is 5.75 Å². The summed E-state index contributed by atoms with van der Waals surface area (Å²) in [6.07, 6.45) is 3.70. The lowest BCUT2D eigenvalue weighted by atomic mass is 9.89. The van der Waals surface area contributed by atoms with Gasteiger partial charge in [0.2, 0.25) is 0 Å². The number of fused-ring (bicyclic) bond motifs is 1. The molecule has 0 spiro atoms. The predicted octanol–water partition coefficient (Wildman–Crippen LogP) is 3.42.